The molecule has 1 fully saturated rings. The number of rotatable bonds is 3. The molecule has 0 aliphatic carbocycles. The van der Waals surface area contributed by atoms with Crippen molar-refractivity contribution < 1.29 is 19.4 Å². The number of likely N-dealkylation sites (tertiary alicyclic amines) is 1. The lowest BCUT2D eigenvalue weighted by Gasteiger charge is -2.34. The van der Waals surface area contributed by atoms with Crippen LogP contribution in [0.3, 0.4) is 0 Å². The minimum Gasteiger partial charge on any atom is -0.494 e. The number of halogens is 1. The summed E-state index contributed by atoms with van der Waals surface area (Å²) < 4.78 is 6.13. The third-order valence-electron chi connectivity index (χ3n) is 3.88. The highest BCUT2D eigenvalue weighted by Crippen LogP contribution is 2.40. The Balaban J connectivity index is 2.19. The number of carboxylic acid groups (broad SMARTS) is 1. The van der Waals surface area contributed by atoms with Crippen molar-refractivity contribution in [1.29, 1.82) is 0 Å². The molecule has 2 unspecified atom stereocenters. The van der Waals surface area contributed by atoms with Crippen molar-refractivity contribution in [3.63, 3.8) is 0 Å². The average Bonchev–Trinajstić information content (AvgIpc) is 2.73. The summed E-state index contributed by atoms with van der Waals surface area (Å²) >= 11 is 4.83. The van der Waals surface area contributed by atoms with Crippen LogP contribution in [0, 0.1) is 18.8 Å². The van der Waals surface area contributed by atoms with Crippen molar-refractivity contribution in [3.8, 4) is 5.75 Å². The first-order valence-corrected chi connectivity index (χ1v) is 8.32. The van der Waals surface area contributed by atoms with Gasteiger partial charge in [-0.25, -0.2) is 0 Å². The largest absolute Gasteiger partial charge is 0.494 e. The van der Waals surface area contributed by atoms with E-state index in [1.54, 1.807) is 12.0 Å². The summed E-state index contributed by atoms with van der Waals surface area (Å²) in [4.78, 5) is 27.1. The first kappa shape index (κ1) is 16.3. The number of ether oxygens (including phenoxy) is 1. The Bertz CT molecular complexity index is 572. The lowest BCUT2D eigenvalue weighted by molar-refractivity contribution is -0.145. The SMILES string of the molecule is COc1c(C(=O)N2CCC(C(=O)O)C(C)C2)sc(C)c1Br. The number of carbonyl (C=O) groups excluding carboxylic acids is 1. The maximum Gasteiger partial charge on any atom is 0.306 e. The Morgan fingerprint density at radius 3 is 2.67 bits per heavy atom. The van der Waals surface area contributed by atoms with Gasteiger partial charge in [0, 0.05) is 18.0 Å². The molecular formula is C14H18BrNO4S. The Hall–Kier alpha value is -1.08. The van der Waals surface area contributed by atoms with E-state index in [0.717, 1.165) is 9.35 Å². The van der Waals surface area contributed by atoms with E-state index in [2.05, 4.69) is 15.9 Å². The van der Waals surface area contributed by atoms with Gasteiger partial charge in [-0.15, -0.1) is 11.3 Å². The standard InChI is InChI=1S/C14H18BrNO4S/c1-7-6-16(5-4-9(7)14(18)19)13(17)12-11(20-3)10(15)8(2)21-12/h7,9H,4-6H2,1-3H3,(H,18,19). The maximum atomic E-state index is 12.7. The molecule has 1 amide bonds. The molecule has 21 heavy (non-hydrogen) atoms. The highest BCUT2D eigenvalue weighted by Gasteiger charge is 2.35. The third-order valence-corrected chi connectivity index (χ3v) is 6.17. The van der Waals surface area contributed by atoms with Gasteiger partial charge in [-0.05, 0) is 35.2 Å². The molecule has 1 aliphatic rings. The van der Waals surface area contributed by atoms with Crippen molar-refractivity contribution in [2.24, 2.45) is 11.8 Å². The number of thiophene rings is 1. The fraction of sp³-hybridized carbons (Fsp3) is 0.571. The minimum absolute atomic E-state index is 0.0457. The normalized spacial score (nSPS) is 22.2. The van der Waals surface area contributed by atoms with E-state index in [0.29, 0.717) is 30.1 Å². The van der Waals surface area contributed by atoms with Crippen LogP contribution in [0.25, 0.3) is 0 Å². The number of carboxylic acids is 1. The molecule has 2 heterocycles. The van der Waals surface area contributed by atoms with Crippen LogP contribution in [-0.2, 0) is 4.79 Å². The molecule has 0 saturated carbocycles. The van der Waals surface area contributed by atoms with E-state index in [9.17, 15) is 9.59 Å². The summed E-state index contributed by atoms with van der Waals surface area (Å²) in [6.07, 6.45) is 0.496. The van der Waals surface area contributed by atoms with E-state index in [1.807, 2.05) is 13.8 Å². The van der Waals surface area contributed by atoms with Crippen LogP contribution in [0.4, 0.5) is 0 Å². The maximum absolute atomic E-state index is 12.7. The van der Waals surface area contributed by atoms with Gasteiger partial charge in [0.2, 0.25) is 0 Å². The van der Waals surface area contributed by atoms with Crippen LogP contribution in [0.5, 0.6) is 5.75 Å². The van der Waals surface area contributed by atoms with Crippen molar-refractivity contribution in [2.45, 2.75) is 20.3 Å². The van der Waals surface area contributed by atoms with Crippen LogP contribution >= 0.6 is 27.3 Å². The van der Waals surface area contributed by atoms with E-state index in [4.69, 9.17) is 9.84 Å². The zero-order chi connectivity index (χ0) is 15.7. The zero-order valence-electron chi connectivity index (χ0n) is 12.2. The summed E-state index contributed by atoms with van der Waals surface area (Å²) in [6.45, 7) is 4.74. The smallest absolute Gasteiger partial charge is 0.306 e. The second-order valence-corrected chi connectivity index (χ2v) is 7.31. The number of carbonyl (C=O) groups is 2. The number of hydrogen-bond acceptors (Lipinski definition) is 4. The van der Waals surface area contributed by atoms with Crippen molar-refractivity contribution in [3.05, 3.63) is 14.2 Å². The number of aliphatic carboxylic acids is 1. The molecule has 2 rings (SSSR count). The molecule has 0 spiro atoms. The molecule has 5 nitrogen and oxygen atoms in total. The molecule has 1 aromatic heterocycles. The fourth-order valence-electron chi connectivity index (χ4n) is 2.67. The topological polar surface area (TPSA) is 66.8 Å². The quantitative estimate of drug-likeness (QED) is 0.881. The number of nitrogens with zero attached hydrogens (tertiary/aromatic N) is 1. The summed E-state index contributed by atoms with van der Waals surface area (Å²) in [5.41, 5.74) is 0. The molecular weight excluding hydrogens is 358 g/mol. The minimum atomic E-state index is -0.776. The summed E-state index contributed by atoms with van der Waals surface area (Å²) in [5, 5.41) is 9.14. The molecule has 7 heteroatoms. The molecule has 1 N–H and O–H groups in total. The fourth-order valence-corrected chi connectivity index (χ4v) is 4.38. The van der Waals surface area contributed by atoms with Crippen molar-refractivity contribution in [2.75, 3.05) is 20.2 Å². The lowest BCUT2D eigenvalue weighted by Crippen LogP contribution is -2.44. The van der Waals surface area contributed by atoms with Gasteiger partial charge in [0.05, 0.1) is 17.5 Å². The van der Waals surface area contributed by atoms with E-state index >= 15 is 0 Å². The average molecular weight is 376 g/mol. The second-order valence-electron chi connectivity index (χ2n) is 5.30. The second kappa shape index (κ2) is 6.36. The highest BCUT2D eigenvalue weighted by atomic mass is 79.9. The van der Waals surface area contributed by atoms with Gasteiger partial charge in [-0.1, -0.05) is 6.92 Å². The number of methoxy groups -OCH3 is 1. The summed E-state index contributed by atoms with van der Waals surface area (Å²) in [6, 6.07) is 0. The molecule has 0 radical (unpaired) electrons. The van der Waals surface area contributed by atoms with Crippen molar-refractivity contribution >= 4 is 39.1 Å². The molecule has 1 saturated heterocycles. The monoisotopic (exact) mass is 375 g/mol. The van der Waals surface area contributed by atoms with Gasteiger partial charge in [0.25, 0.3) is 5.91 Å². The molecule has 1 aromatic rings. The number of piperidine rings is 1. The Labute approximate surface area is 136 Å². The van der Waals surface area contributed by atoms with E-state index in [1.165, 1.54) is 11.3 Å². The van der Waals surface area contributed by atoms with Gasteiger partial charge in [-0.3, -0.25) is 9.59 Å². The molecule has 0 bridgehead atoms. The predicted octanol–water partition coefficient (Wildman–Crippen LogP) is 3.01. The Kier molecular flexibility index (Phi) is 4.93. The molecule has 1 aliphatic heterocycles. The number of amides is 1. The first-order chi connectivity index (χ1) is 9.86. The van der Waals surface area contributed by atoms with E-state index in [-0.39, 0.29) is 17.7 Å². The first-order valence-electron chi connectivity index (χ1n) is 6.71. The van der Waals surface area contributed by atoms with Gasteiger partial charge in [0.15, 0.2) is 5.75 Å². The Morgan fingerprint density at radius 1 is 1.48 bits per heavy atom. The molecule has 116 valence electrons. The predicted molar refractivity (Wildman–Crippen MR) is 84.1 cm³/mol. The number of hydrogen-bond donors (Lipinski definition) is 1. The van der Waals surface area contributed by atoms with Crippen molar-refractivity contribution in [1.82, 2.24) is 4.90 Å². The van der Waals surface area contributed by atoms with Gasteiger partial charge in [0.1, 0.15) is 4.88 Å². The van der Waals surface area contributed by atoms with Gasteiger partial charge >= 0.3 is 5.97 Å². The Morgan fingerprint density at radius 2 is 2.14 bits per heavy atom. The van der Waals surface area contributed by atoms with Crippen LogP contribution in [0.1, 0.15) is 27.9 Å². The molecule has 2 atom stereocenters. The van der Waals surface area contributed by atoms with Crippen LogP contribution in [-0.4, -0.2) is 42.1 Å². The summed E-state index contributed by atoms with van der Waals surface area (Å²) in [7, 11) is 1.54. The third kappa shape index (κ3) is 3.08. The van der Waals surface area contributed by atoms with Crippen LogP contribution in [0.2, 0.25) is 0 Å². The molecule has 0 aromatic carbocycles. The van der Waals surface area contributed by atoms with Gasteiger partial charge < -0.3 is 14.7 Å². The van der Waals surface area contributed by atoms with Gasteiger partial charge in [-0.2, -0.15) is 0 Å². The lowest BCUT2D eigenvalue weighted by atomic mass is 9.87. The number of aryl methyl sites for hydroxylation is 1. The zero-order valence-corrected chi connectivity index (χ0v) is 14.6. The summed E-state index contributed by atoms with van der Waals surface area (Å²) in [5.74, 6) is -0.706. The highest BCUT2D eigenvalue weighted by molar-refractivity contribution is 9.10. The van der Waals surface area contributed by atoms with Crippen LogP contribution in [0.15, 0.2) is 4.47 Å². The van der Waals surface area contributed by atoms with E-state index < -0.39 is 5.97 Å². The van der Waals surface area contributed by atoms with Crippen LogP contribution < -0.4 is 4.74 Å².